The zero-order chi connectivity index (χ0) is 11.7. The highest BCUT2D eigenvalue weighted by atomic mass is 32.2. The van der Waals surface area contributed by atoms with Gasteiger partial charge in [-0.3, -0.25) is 0 Å². The van der Waals surface area contributed by atoms with Crippen LogP contribution in [-0.2, 0) is 14.6 Å². The molecule has 1 fully saturated rings. The van der Waals surface area contributed by atoms with Crippen molar-refractivity contribution in [3.63, 3.8) is 0 Å². The number of hydrogen-bond donors (Lipinski definition) is 0. The molecule has 0 aliphatic carbocycles. The Labute approximate surface area is 92.7 Å². The van der Waals surface area contributed by atoms with E-state index in [-0.39, 0.29) is 5.88 Å². The molecule has 0 saturated carbocycles. The Bertz CT molecular complexity index is 310. The second-order valence-corrected chi connectivity index (χ2v) is 8.25. The standard InChI is InChI=1S/C10H22NO3S/c1-10(2,3)15(12,13)9-11(4)5-7-14-8-6-11/h5-9H2,1-4H3/q+1. The van der Waals surface area contributed by atoms with Gasteiger partial charge < -0.3 is 9.22 Å². The average Bonchev–Trinajstić information content (AvgIpc) is 2.00. The lowest BCUT2D eigenvalue weighted by Crippen LogP contribution is -2.56. The molecule has 0 unspecified atom stereocenters. The molecule has 1 aliphatic heterocycles. The zero-order valence-corrected chi connectivity index (χ0v) is 10.9. The maximum Gasteiger partial charge on any atom is 0.205 e. The minimum Gasteiger partial charge on any atom is -0.370 e. The van der Waals surface area contributed by atoms with Crippen LogP contribution in [0.25, 0.3) is 0 Å². The van der Waals surface area contributed by atoms with Crippen molar-refractivity contribution in [3.05, 3.63) is 0 Å². The summed E-state index contributed by atoms with van der Waals surface area (Å²) in [6, 6.07) is 0. The topological polar surface area (TPSA) is 43.4 Å². The van der Waals surface area contributed by atoms with E-state index in [0.717, 1.165) is 13.1 Å². The second kappa shape index (κ2) is 4.03. The van der Waals surface area contributed by atoms with E-state index in [0.29, 0.717) is 17.7 Å². The van der Waals surface area contributed by atoms with Gasteiger partial charge in [-0.1, -0.05) is 0 Å². The van der Waals surface area contributed by atoms with Crippen molar-refractivity contribution in [1.82, 2.24) is 0 Å². The molecule has 90 valence electrons. The summed E-state index contributed by atoms with van der Waals surface area (Å²) in [5.74, 6) is 0.222. The van der Waals surface area contributed by atoms with E-state index >= 15 is 0 Å². The highest BCUT2D eigenvalue weighted by molar-refractivity contribution is 7.92. The highest BCUT2D eigenvalue weighted by Gasteiger charge is 2.38. The summed E-state index contributed by atoms with van der Waals surface area (Å²) in [5.41, 5.74) is 0. The van der Waals surface area contributed by atoms with Crippen molar-refractivity contribution in [2.45, 2.75) is 25.5 Å². The fourth-order valence-corrected chi connectivity index (χ4v) is 2.98. The van der Waals surface area contributed by atoms with Crippen LogP contribution >= 0.6 is 0 Å². The minimum atomic E-state index is -3.04. The van der Waals surface area contributed by atoms with E-state index in [1.807, 2.05) is 7.05 Å². The van der Waals surface area contributed by atoms with Crippen molar-refractivity contribution in [1.29, 1.82) is 0 Å². The van der Waals surface area contributed by atoms with E-state index in [1.54, 1.807) is 20.8 Å². The Hall–Kier alpha value is -0.130. The van der Waals surface area contributed by atoms with Crippen LogP contribution in [0.5, 0.6) is 0 Å². The molecule has 4 nitrogen and oxygen atoms in total. The number of morpholine rings is 1. The number of nitrogens with zero attached hydrogens (tertiary/aromatic N) is 1. The Kier molecular flexibility index (Phi) is 3.48. The molecule has 0 radical (unpaired) electrons. The summed E-state index contributed by atoms with van der Waals surface area (Å²) in [6.45, 7) is 8.18. The third-order valence-corrected chi connectivity index (χ3v) is 5.79. The third-order valence-electron chi connectivity index (χ3n) is 2.97. The van der Waals surface area contributed by atoms with Crippen LogP contribution in [0.1, 0.15) is 20.8 Å². The fraction of sp³-hybridized carbons (Fsp3) is 1.00. The molecule has 0 aromatic carbocycles. The summed E-state index contributed by atoms with van der Waals surface area (Å²) in [7, 11) is -1.05. The maximum absolute atomic E-state index is 12.1. The third kappa shape index (κ3) is 3.16. The molecule has 1 heterocycles. The van der Waals surface area contributed by atoms with Crippen LogP contribution in [0.3, 0.4) is 0 Å². The number of hydrogen-bond acceptors (Lipinski definition) is 3. The van der Waals surface area contributed by atoms with Gasteiger partial charge in [0.15, 0.2) is 5.88 Å². The van der Waals surface area contributed by atoms with Crippen molar-refractivity contribution in [2.24, 2.45) is 0 Å². The Balaban J connectivity index is 2.76. The number of ether oxygens (including phenoxy) is 1. The fourth-order valence-electron chi connectivity index (χ4n) is 1.52. The van der Waals surface area contributed by atoms with Gasteiger partial charge in [0.2, 0.25) is 9.84 Å². The summed E-state index contributed by atoms with van der Waals surface area (Å²) in [5, 5.41) is 0. The average molecular weight is 236 g/mol. The molecular formula is C10H22NO3S+. The van der Waals surface area contributed by atoms with E-state index in [1.165, 1.54) is 0 Å². The number of quaternary nitrogens is 1. The van der Waals surface area contributed by atoms with Gasteiger partial charge >= 0.3 is 0 Å². The molecule has 0 amide bonds. The lowest BCUT2D eigenvalue weighted by atomic mass is 10.3. The normalized spacial score (nSPS) is 22.7. The van der Waals surface area contributed by atoms with E-state index in [4.69, 9.17) is 4.74 Å². The van der Waals surface area contributed by atoms with Crippen molar-refractivity contribution in [2.75, 3.05) is 39.2 Å². The van der Waals surface area contributed by atoms with Gasteiger partial charge in [0, 0.05) is 0 Å². The van der Waals surface area contributed by atoms with Gasteiger partial charge in [0.1, 0.15) is 13.1 Å². The number of likely N-dealkylation sites (N-methyl/N-ethyl adjacent to an activating group) is 1. The van der Waals surface area contributed by atoms with Gasteiger partial charge in [-0.25, -0.2) is 8.42 Å². The Morgan fingerprint density at radius 2 is 1.67 bits per heavy atom. The summed E-state index contributed by atoms with van der Waals surface area (Å²) in [6.07, 6.45) is 0. The minimum absolute atomic E-state index is 0.222. The molecular weight excluding hydrogens is 214 g/mol. The van der Waals surface area contributed by atoms with Gasteiger partial charge in [-0.05, 0) is 20.8 Å². The van der Waals surface area contributed by atoms with Crippen LogP contribution in [0.15, 0.2) is 0 Å². The molecule has 5 heteroatoms. The first-order valence-corrected chi connectivity index (χ1v) is 6.95. The molecule has 0 N–H and O–H groups in total. The molecule has 0 aromatic heterocycles. The van der Waals surface area contributed by atoms with Gasteiger partial charge in [0.25, 0.3) is 0 Å². The van der Waals surface area contributed by atoms with Crippen molar-refractivity contribution < 1.29 is 17.6 Å². The lowest BCUT2D eigenvalue weighted by molar-refractivity contribution is -0.905. The highest BCUT2D eigenvalue weighted by Crippen LogP contribution is 2.20. The number of sulfone groups is 1. The molecule has 1 rings (SSSR count). The Morgan fingerprint density at radius 3 is 2.07 bits per heavy atom. The van der Waals surface area contributed by atoms with Crippen molar-refractivity contribution in [3.8, 4) is 0 Å². The smallest absolute Gasteiger partial charge is 0.205 e. The zero-order valence-electron chi connectivity index (χ0n) is 10.1. The summed E-state index contributed by atoms with van der Waals surface area (Å²) in [4.78, 5) is 0. The van der Waals surface area contributed by atoms with Crippen LogP contribution in [0, 0.1) is 0 Å². The van der Waals surface area contributed by atoms with E-state index in [2.05, 4.69) is 0 Å². The molecule has 1 saturated heterocycles. The molecule has 0 bridgehead atoms. The molecule has 1 aliphatic rings. The molecule has 0 aromatic rings. The summed E-state index contributed by atoms with van der Waals surface area (Å²) < 4.78 is 29.3. The van der Waals surface area contributed by atoms with E-state index < -0.39 is 14.6 Å². The first kappa shape index (κ1) is 12.9. The molecule has 0 spiro atoms. The van der Waals surface area contributed by atoms with Crippen LogP contribution in [0.2, 0.25) is 0 Å². The predicted octanol–water partition coefficient (Wildman–Crippen LogP) is 0.634. The SMILES string of the molecule is CC(C)(C)S(=O)(=O)C[N+]1(C)CCOCC1. The first-order valence-electron chi connectivity index (χ1n) is 5.30. The summed E-state index contributed by atoms with van der Waals surface area (Å²) >= 11 is 0. The first-order chi connectivity index (χ1) is 6.66. The van der Waals surface area contributed by atoms with Crippen LogP contribution in [-0.4, -0.2) is 56.9 Å². The van der Waals surface area contributed by atoms with Gasteiger partial charge in [-0.15, -0.1) is 0 Å². The quantitative estimate of drug-likeness (QED) is 0.661. The predicted molar refractivity (Wildman–Crippen MR) is 60.3 cm³/mol. The van der Waals surface area contributed by atoms with Crippen LogP contribution in [0.4, 0.5) is 0 Å². The molecule has 15 heavy (non-hydrogen) atoms. The van der Waals surface area contributed by atoms with Crippen molar-refractivity contribution >= 4 is 9.84 Å². The monoisotopic (exact) mass is 236 g/mol. The van der Waals surface area contributed by atoms with Gasteiger partial charge in [0.05, 0.1) is 25.0 Å². The van der Waals surface area contributed by atoms with E-state index in [9.17, 15) is 8.42 Å². The second-order valence-electron chi connectivity index (χ2n) is 5.54. The maximum atomic E-state index is 12.1. The number of rotatable bonds is 2. The Morgan fingerprint density at radius 1 is 1.20 bits per heavy atom. The van der Waals surface area contributed by atoms with Gasteiger partial charge in [-0.2, -0.15) is 0 Å². The largest absolute Gasteiger partial charge is 0.370 e. The molecule has 0 atom stereocenters. The lowest BCUT2D eigenvalue weighted by Gasteiger charge is -2.38. The van der Waals surface area contributed by atoms with Crippen LogP contribution < -0.4 is 0 Å².